The Bertz CT molecular complexity index is 1370. The number of hydrogen-bond donors (Lipinski definition) is 7. The molecule has 2 aromatic heterocycles. The summed E-state index contributed by atoms with van der Waals surface area (Å²) in [5, 5.41) is 24.9. The second-order valence-corrected chi connectivity index (χ2v) is 17.9. The summed E-state index contributed by atoms with van der Waals surface area (Å²) >= 11 is 11.9. The van der Waals surface area contributed by atoms with E-state index in [2.05, 4.69) is 29.1 Å². The minimum absolute atomic E-state index is 0.269. The normalized spacial score (nSPS) is 24.8. The fraction of sp³-hybridized carbons (Fsp3) is 0.722. The van der Waals surface area contributed by atoms with Crippen LogP contribution in [-0.4, -0.2) is 90.3 Å². The molecule has 0 spiro atoms. The summed E-state index contributed by atoms with van der Waals surface area (Å²) in [6, 6.07) is 0. The van der Waals surface area contributed by atoms with Gasteiger partial charge in [0.05, 0.1) is 12.9 Å². The van der Waals surface area contributed by atoms with Gasteiger partial charge in [0.1, 0.15) is 18.3 Å². The molecule has 0 amide bonds. The fourth-order valence-corrected chi connectivity index (χ4v) is 8.42. The maximum Gasteiger partial charge on any atom is 0.479 e. The first-order valence-electron chi connectivity index (χ1n) is 12.0. The number of phosphoric ester groups is 1. The highest BCUT2D eigenvalue weighted by atomic mass is 35.5. The molecule has 0 aliphatic carbocycles. The molecule has 0 bridgehead atoms. The van der Waals surface area contributed by atoms with Crippen LogP contribution in [0.15, 0.2) is 11.5 Å². The number of halogens is 2. The maximum atomic E-state index is 12.3. The van der Waals surface area contributed by atoms with Gasteiger partial charge in [-0.15, -0.1) is 0 Å². The standard InChI is InChI=1S/C18H30Cl2N5O12P3S/c1-3-5-6-21-14-11-15(24-17(23-14)41-7-4-2)25(9-22-11)16-13(27)12(26)10(36-16)8-35-40(33,34)37-39(31,32)18(19,20)38(28,29)30/h9-10,12-13,16,26-27H,3-8H2,1-2H3,(H,31,32)(H,33,34)(H,21,23,24)(H2,28,29,30)/t10-,12-,13-,16-/m1/s1. The Morgan fingerprint density at radius 1 is 1.12 bits per heavy atom. The number of imidazole rings is 1. The van der Waals surface area contributed by atoms with Gasteiger partial charge in [0.2, 0.25) is 0 Å². The van der Waals surface area contributed by atoms with Gasteiger partial charge in [-0.25, -0.2) is 23.8 Å². The van der Waals surface area contributed by atoms with Gasteiger partial charge in [-0.1, -0.05) is 55.2 Å². The highest BCUT2D eigenvalue weighted by Crippen LogP contribution is 2.79. The monoisotopic (exact) mass is 703 g/mol. The van der Waals surface area contributed by atoms with Crippen molar-refractivity contribution < 1.29 is 57.1 Å². The number of thioether (sulfide) groups is 1. The highest BCUT2D eigenvalue weighted by Gasteiger charge is 2.62. The number of alkyl halides is 2. The summed E-state index contributed by atoms with van der Waals surface area (Å²) in [7, 11) is -17.2. The second-order valence-electron chi connectivity index (χ2n) is 8.77. The Morgan fingerprint density at radius 3 is 2.41 bits per heavy atom. The van der Waals surface area contributed by atoms with E-state index >= 15 is 0 Å². The van der Waals surface area contributed by atoms with Gasteiger partial charge in [-0.05, 0) is 12.8 Å². The van der Waals surface area contributed by atoms with Crippen molar-refractivity contribution in [3.8, 4) is 0 Å². The van der Waals surface area contributed by atoms with Gasteiger partial charge in [-0.2, -0.15) is 0 Å². The van der Waals surface area contributed by atoms with Gasteiger partial charge in [0.15, 0.2) is 28.4 Å². The van der Waals surface area contributed by atoms with Crippen LogP contribution in [0.2, 0.25) is 0 Å². The van der Waals surface area contributed by atoms with Gasteiger partial charge in [-0.3, -0.25) is 18.2 Å². The van der Waals surface area contributed by atoms with E-state index in [0.717, 1.165) is 25.0 Å². The number of ether oxygens (including phenoxy) is 1. The molecule has 17 nitrogen and oxygen atoms in total. The summed E-state index contributed by atoms with van der Waals surface area (Å²) in [6.07, 6.45) is -2.12. The number of rotatable bonds is 15. The molecule has 1 fully saturated rings. The average Bonchev–Trinajstić information content (AvgIpc) is 3.41. The number of unbranched alkanes of at least 4 members (excludes halogenated alkanes) is 1. The lowest BCUT2D eigenvalue weighted by atomic mass is 10.1. The predicted octanol–water partition coefficient (Wildman–Crippen LogP) is 2.75. The molecule has 0 saturated carbocycles. The topological polar surface area (TPSA) is 256 Å². The first-order valence-corrected chi connectivity index (χ1v) is 18.5. The van der Waals surface area contributed by atoms with E-state index in [0.29, 0.717) is 23.0 Å². The number of fused-ring (bicyclic) bond motifs is 1. The summed E-state index contributed by atoms with van der Waals surface area (Å²) < 4.78 is 47.6. The summed E-state index contributed by atoms with van der Waals surface area (Å²) in [6.45, 7) is 3.67. The van der Waals surface area contributed by atoms with Crippen LogP contribution in [0.1, 0.15) is 39.3 Å². The van der Waals surface area contributed by atoms with Gasteiger partial charge >= 0.3 is 26.8 Å². The van der Waals surface area contributed by atoms with Crippen LogP contribution in [0.3, 0.4) is 0 Å². The van der Waals surface area contributed by atoms with E-state index in [4.69, 9.17) is 37.7 Å². The summed E-state index contributed by atoms with van der Waals surface area (Å²) in [4.78, 5) is 51.2. The molecule has 7 N–H and O–H groups in total. The van der Waals surface area contributed by atoms with Crippen molar-refractivity contribution in [1.29, 1.82) is 0 Å². The molecule has 23 heteroatoms. The van der Waals surface area contributed by atoms with Crippen molar-refractivity contribution >= 4 is 75.0 Å². The Labute approximate surface area is 248 Å². The second kappa shape index (κ2) is 13.7. The third-order valence-electron chi connectivity index (χ3n) is 5.58. The summed E-state index contributed by atoms with van der Waals surface area (Å²) in [5.74, 6) is 1.20. The molecule has 41 heavy (non-hydrogen) atoms. The van der Waals surface area contributed by atoms with Gasteiger partial charge < -0.3 is 39.8 Å². The number of nitrogens with one attached hydrogen (secondary N) is 1. The number of aromatic nitrogens is 4. The Kier molecular flexibility index (Phi) is 11.7. The molecule has 1 aliphatic heterocycles. The van der Waals surface area contributed by atoms with Crippen LogP contribution in [0.5, 0.6) is 0 Å². The number of phosphoric acid groups is 1. The van der Waals surface area contributed by atoms with Crippen LogP contribution in [0, 0.1) is 0 Å². The average molecular weight is 704 g/mol. The molecule has 3 rings (SSSR count). The van der Waals surface area contributed by atoms with Crippen LogP contribution in [0.4, 0.5) is 5.82 Å². The molecule has 0 aromatic carbocycles. The molecule has 1 aliphatic rings. The number of aliphatic hydroxyl groups is 2. The van der Waals surface area contributed by atoms with Crippen molar-refractivity contribution in [2.45, 2.75) is 66.6 Å². The minimum atomic E-state index is -5.89. The number of aliphatic hydroxyl groups excluding tert-OH is 2. The van der Waals surface area contributed by atoms with Crippen molar-refractivity contribution in [2.24, 2.45) is 0 Å². The number of nitrogens with zero attached hydrogens (tertiary/aromatic N) is 4. The Morgan fingerprint density at radius 2 is 1.80 bits per heavy atom. The van der Waals surface area contributed by atoms with Gasteiger partial charge in [0.25, 0.3) is 0 Å². The van der Waals surface area contributed by atoms with Crippen molar-refractivity contribution in [3.63, 3.8) is 0 Å². The highest BCUT2D eigenvalue weighted by molar-refractivity contribution is 7.99. The molecule has 1 saturated heterocycles. The lowest BCUT2D eigenvalue weighted by Gasteiger charge is -2.26. The third-order valence-corrected chi connectivity index (χ3v) is 14.3. The fourth-order valence-electron chi connectivity index (χ4n) is 3.49. The first kappa shape index (κ1) is 35.1. The molecule has 2 aromatic rings. The van der Waals surface area contributed by atoms with Gasteiger partial charge in [0, 0.05) is 12.3 Å². The van der Waals surface area contributed by atoms with Crippen LogP contribution < -0.4 is 5.32 Å². The van der Waals surface area contributed by atoms with E-state index in [-0.39, 0.29) is 5.65 Å². The quantitative estimate of drug-likeness (QED) is 0.0462. The van der Waals surface area contributed by atoms with E-state index in [1.807, 2.05) is 13.8 Å². The molecule has 6 atom stereocenters. The number of anilines is 1. The zero-order valence-electron chi connectivity index (χ0n) is 21.6. The molecular formula is C18H30Cl2N5O12P3S. The van der Waals surface area contributed by atoms with E-state index in [1.165, 1.54) is 22.7 Å². The molecule has 0 radical (unpaired) electrons. The minimum Gasteiger partial charge on any atom is -0.387 e. The van der Waals surface area contributed by atoms with E-state index in [9.17, 15) is 33.7 Å². The zero-order valence-corrected chi connectivity index (χ0v) is 26.6. The molecule has 3 heterocycles. The number of hydrogen-bond acceptors (Lipinski definition) is 13. The molecular weight excluding hydrogens is 674 g/mol. The smallest absolute Gasteiger partial charge is 0.387 e. The first-order chi connectivity index (χ1) is 19.0. The van der Waals surface area contributed by atoms with Crippen molar-refractivity contribution in [3.05, 3.63) is 6.33 Å². The van der Waals surface area contributed by atoms with E-state index < -0.39 is 58.0 Å². The van der Waals surface area contributed by atoms with E-state index in [1.54, 1.807) is 0 Å². The Balaban J connectivity index is 1.80. The Hall–Kier alpha value is -0.390. The van der Waals surface area contributed by atoms with Crippen LogP contribution in [-0.2, 0) is 27.3 Å². The predicted molar refractivity (Wildman–Crippen MR) is 149 cm³/mol. The van der Waals surface area contributed by atoms with Crippen LogP contribution in [0.25, 0.3) is 11.2 Å². The zero-order chi connectivity index (χ0) is 30.8. The third kappa shape index (κ3) is 8.01. The van der Waals surface area contributed by atoms with Crippen molar-refractivity contribution in [2.75, 3.05) is 24.2 Å². The van der Waals surface area contributed by atoms with Crippen LogP contribution >= 0.6 is 58.0 Å². The molecule has 2 unspecified atom stereocenters. The largest absolute Gasteiger partial charge is 0.479 e. The maximum absolute atomic E-state index is 12.3. The lowest BCUT2D eigenvalue weighted by molar-refractivity contribution is -0.0502. The van der Waals surface area contributed by atoms with Crippen molar-refractivity contribution in [1.82, 2.24) is 19.5 Å². The SMILES string of the molecule is CCCCNc1nc(SCCC)nc2c1ncn2[C@@H]1O[C@H](COP(=O)(O)OP(=O)(O)C(Cl)(Cl)P(=O)(O)O)[C@@H](O)[C@H]1O. The molecule has 234 valence electrons. The lowest BCUT2D eigenvalue weighted by Crippen LogP contribution is -2.33. The summed E-state index contributed by atoms with van der Waals surface area (Å²) in [5.41, 5.74) is 0.639.